The van der Waals surface area contributed by atoms with E-state index in [0.29, 0.717) is 12.5 Å². The molecule has 0 spiro atoms. The average molecular weight is 327 g/mol. The molecule has 0 aliphatic carbocycles. The summed E-state index contributed by atoms with van der Waals surface area (Å²) in [6, 6.07) is 4.11. The van der Waals surface area contributed by atoms with Crippen LogP contribution in [-0.4, -0.2) is 45.3 Å². The lowest BCUT2D eigenvalue weighted by Crippen LogP contribution is -2.39. The zero-order chi connectivity index (χ0) is 16.9. The summed E-state index contributed by atoms with van der Waals surface area (Å²) in [5.41, 5.74) is 3.41. The molecule has 2 amide bonds. The summed E-state index contributed by atoms with van der Waals surface area (Å²) in [5, 5.41) is 7.23. The highest BCUT2D eigenvalue weighted by Crippen LogP contribution is 2.20. The molecule has 1 N–H and O–H groups in total. The molecule has 128 valence electrons. The first kappa shape index (κ1) is 16.5. The summed E-state index contributed by atoms with van der Waals surface area (Å²) in [6.07, 6.45) is 8.71. The molecule has 0 aromatic carbocycles. The number of likely N-dealkylation sites (tertiary alicyclic amines) is 1. The number of carbonyl (C=O) groups excluding carboxylic acids is 1. The number of rotatable bonds is 5. The largest absolute Gasteiger partial charge is 0.338 e. The summed E-state index contributed by atoms with van der Waals surface area (Å²) in [7, 11) is 1.93. The lowest BCUT2D eigenvalue weighted by atomic mass is 10.0. The molecule has 1 atom stereocenters. The Labute approximate surface area is 142 Å². The van der Waals surface area contributed by atoms with Gasteiger partial charge >= 0.3 is 6.03 Å². The van der Waals surface area contributed by atoms with Crippen LogP contribution in [0, 0.1) is 12.8 Å². The van der Waals surface area contributed by atoms with E-state index in [2.05, 4.69) is 27.7 Å². The average Bonchev–Trinajstić information content (AvgIpc) is 3.19. The molecular formula is C18H25N5O. The Bertz CT molecular complexity index is 679. The van der Waals surface area contributed by atoms with E-state index in [1.165, 1.54) is 5.56 Å². The van der Waals surface area contributed by atoms with Crippen molar-refractivity contribution < 1.29 is 4.79 Å². The smallest absolute Gasteiger partial charge is 0.317 e. The molecule has 1 saturated heterocycles. The van der Waals surface area contributed by atoms with Crippen LogP contribution in [0.3, 0.4) is 0 Å². The van der Waals surface area contributed by atoms with Gasteiger partial charge in [-0.1, -0.05) is 6.07 Å². The Morgan fingerprint density at radius 3 is 2.92 bits per heavy atom. The molecule has 0 unspecified atom stereocenters. The van der Waals surface area contributed by atoms with Gasteiger partial charge in [0.1, 0.15) is 0 Å². The standard InChI is InChI=1S/C18H25N5O/c1-14-3-4-15(10-20-14)5-7-19-18(24)23-8-6-16(13-23)9-17-11-21-22(2)12-17/h3-4,10-12,16H,5-9,13H2,1-2H3,(H,19,24)/t16-/m0/s1. The minimum atomic E-state index is 0.0451. The molecule has 6 heteroatoms. The maximum Gasteiger partial charge on any atom is 0.317 e. The lowest BCUT2D eigenvalue weighted by molar-refractivity contribution is 0.207. The van der Waals surface area contributed by atoms with Crippen LogP contribution >= 0.6 is 0 Å². The van der Waals surface area contributed by atoms with Crippen LogP contribution in [0.1, 0.15) is 23.2 Å². The first-order chi connectivity index (χ1) is 11.6. The molecule has 0 bridgehead atoms. The van der Waals surface area contributed by atoms with Crippen LogP contribution in [0.25, 0.3) is 0 Å². The fraction of sp³-hybridized carbons (Fsp3) is 0.500. The van der Waals surface area contributed by atoms with Gasteiger partial charge in [-0.15, -0.1) is 0 Å². The summed E-state index contributed by atoms with van der Waals surface area (Å²) >= 11 is 0. The van der Waals surface area contributed by atoms with Crippen molar-refractivity contribution >= 4 is 6.03 Å². The first-order valence-electron chi connectivity index (χ1n) is 8.52. The molecule has 1 aliphatic heterocycles. The third kappa shape index (κ3) is 4.34. The van der Waals surface area contributed by atoms with Crippen LogP contribution in [-0.2, 0) is 19.9 Å². The van der Waals surface area contributed by atoms with Crippen molar-refractivity contribution in [2.45, 2.75) is 26.2 Å². The van der Waals surface area contributed by atoms with Gasteiger partial charge in [0.2, 0.25) is 0 Å². The molecule has 0 radical (unpaired) electrons. The Kier molecular flexibility index (Phi) is 5.13. The molecule has 3 heterocycles. The van der Waals surface area contributed by atoms with Gasteiger partial charge in [0, 0.05) is 44.8 Å². The van der Waals surface area contributed by atoms with E-state index < -0.39 is 0 Å². The Morgan fingerprint density at radius 1 is 1.33 bits per heavy atom. The van der Waals surface area contributed by atoms with Gasteiger partial charge in [-0.05, 0) is 49.3 Å². The maximum atomic E-state index is 12.3. The summed E-state index contributed by atoms with van der Waals surface area (Å²) in [4.78, 5) is 18.5. The molecule has 0 saturated carbocycles. The summed E-state index contributed by atoms with van der Waals surface area (Å²) in [6.45, 7) is 4.28. The Morgan fingerprint density at radius 2 is 2.21 bits per heavy atom. The highest BCUT2D eigenvalue weighted by molar-refractivity contribution is 5.74. The number of urea groups is 1. The van der Waals surface area contributed by atoms with Gasteiger partial charge < -0.3 is 10.2 Å². The van der Waals surface area contributed by atoms with Crippen LogP contribution in [0.4, 0.5) is 4.79 Å². The quantitative estimate of drug-likeness (QED) is 0.913. The van der Waals surface area contributed by atoms with Gasteiger partial charge in [0.25, 0.3) is 0 Å². The van der Waals surface area contributed by atoms with E-state index in [4.69, 9.17) is 0 Å². The van der Waals surface area contributed by atoms with Crippen molar-refractivity contribution in [2.75, 3.05) is 19.6 Å². The minimum absolute atomic E-state index is 0.0451. The normalized spacial score (nSPS) is 17.2. The number of aromatic nitrogens is 3. The number of pyridine rings is 1. The number of hydrogen-bond acceptors (Lipinski definition) is 3. The molecule has 6 nitrogen and oxygen atoms in total. The van der Waals surface area contributed by atoms with E-state index >= 15 is 0 Å². The van der Waals surface area contributed by atoms with Gasteiger partial charge in [0.15, 0.2) is 0 Å². The SMILES string of the molecule is Cc1ccc(CCNC(=O)N2CC[C@@H](Cc3cnn(C)c3)C2)cn1. The highest BCUT2D eigenvalue weighted by atomic mass is 16.2. The second kappa shape index (κ2) is 7.47. The van der Waals surface area contributed by atoms with Crippen molar-refractivity contribution in [3.05, 3.63) is 47.5 Å². The number of hydrogen-bond donors (Lipinski definition) is 1. The van der Waals surface area contributed by atoms with Crippen molar-refractivity contribution in [3.63, 3.8) is 0 Å². The van der Waals surface area contributed by atoms with E-state index in [-0.39, 0.29) is 6.03 Å². The van der Waals surface area contributed by atoms with E-state index in [0.717, 1.165) is 43.6 Å². The second-order valence-corrected chi connectivity index (χ2v) is 6.62. The molecule has 3 rings (SSSR count). The summed E-state index contributed by atoms with van der Waals surface area (Å²) < 4.78 is 1.83. The predicted octanol–water partition coefficient (Wildman–Crippen LogP) is 1.94. The zero-order valence-corrected chi connectivity index (χ0v) is 14.4. The third-order valence-corrected chi connectivity index (χ3v) is 4.52. The topological polar surface area (TPSA) is 63.1 Å². The molecule has 2 aromatic heterocycles. The van der Waals surface area contributed by atoms with Crippen molar-refractivity contribution in [1.29, 1.82) is 0 Å². The number of aryl methyl sites for hydroxylation is 2. The van der Waals surface area contributed by atoms with Crippen LogP contribution in [0.2, 0.25) is 0 Å². The number of amides is 2. The number of nitrogens with zero attached hydrogens (tertiary/aromatic N) is 4. The van der Waals surface area contributed by atoms with E-state index in [1.54, 1.807) is 0 Å². The summed E-state index contributed by atoms with van der Waals surface area (Å²) in [5.74, 6) is 0.529. The first-order valence-corrected chi connectivity index (χ1v) is 8.52. The fourth-order valence-electron chi connectivity index (χ4n) is 3.17. The molecular weight excluding hydrogens is 302 g/mol. The van der Waals surface area contributed by atoms with Crippen molar-refractivity contribution in [3.8, 4) is 0 Å². The maximum absolute atomic E-state index is 12.3. The van der Waals surface area contributed by atoms with Gasteiger partial charge in [-0.25, -0.2) is 4.79 Å². The van der Waals surface area contributed by atoms with E-state index in [1.807, 2.05) is 42.0 Å². The van der Waals surface area contributed by atoms with Crippen molar-refractivity contribution in [2.24, 2.45) is 13.0 Å². The second-order valence-electron chi connectivity index (χ2n) is 6.62. The lowest BCUT2D eigenvalue weighted by Gasteiger charge is -2.17. The molecule has 24 heavy (non-hydrogen) atoms. The minimum Gasteiger partial charge on any atom is -0.338 e. The van der Waals surface area contributed by atoms with Crippen LogP contribution < -0.4 is 5.32 Å². The van der Waals surface area contributed by atoms with Crippen LogP contribution in [0.15, 0.2) is 30.7 Å². The predicted molar refractivity (Wildman–Crippen MR) is 92.7 cm³/mol. The monoisotopic (exact) mass is 327 g/mol. The van der Waals surface area contributed by atoms with Gasteiger partial charge in [0.05, 0.1) is 6.20 Å². The highest BCUT2D eigenvalue weighted by Gasteiger charge is 2.26. The zero-order valence-electron chi connectivity index (χ0n) is 14.4. The van der Waals surface area contributed by atoms with Gasteiger partial charge in [-0.2, -0.15) is 5.10 Å². The fourth-order valence-corrected chi connectivity index (χ4v) is 3.17. The number of carbonyl (C=O) groups is 1. The number of nitrogens with one attached hydrogen (secondary N) is 1. The third-order valence-electron chi connectivity index (χ3n) is 4.52. The van der Waals surface area contributed by atoms with Crippen molar-refractivity contribution in [1.82, 2.24) is 25.0 Å². The molecule has 2 aromatic rings. The Balaban J connectivity index is 1.40. The van der Waals surface area contributed by atoms with Crippen LogP contribution in [0.5, 0.6) is 0 Å². The molecule has 1 fully saturated rings. The molecule has 1 aliphatic rings. The Hall–Kier alpha value is -2.37. The van der Waals surface area contributed by atoms with E-state index in [9.17, 15) is 4.79 Å². The van der Waals surface area contributed by atoms with Gasteiger partial charge in [-0.3, -0.25) is 9.67 Å².